The summed E-state index contributed by atoms with van der Waals surface area (Å²) in [6.45, 7) is 21.6. The van der Waals surface area contributed by atoms with Gasteiger partial charge in [-0.1, -0.05) is 83.1 Å². The average molecular weight is 405 g/mol. The Kier molecular flexibility index (Phi) is 5.32. The standard InChI is InChI=1S/C27H38NSi/c1-19-11-12-20(2)24(17-19)25-23-14-13-22(18-21(23)15-16-28(25)9)29(10,26(3,4)5)27(6,7)8/h11-18H,1-10H3/q+1. The molecule has 0 bridgehead atoms. The maximum absolute atomic E-state index is 2.57. The predicted octanol–water partition coefficient (Wildman–Crippen LogP) is 6.83. The van der Waals surface area contributed by atoms with Crippen LogP contribution in [-0.4, -0.2) is 8.07 Å². The Labute approximate surface area is 178 Å². The quantitative estimate of drug-likeness (QED) is 0.325. The third-order valence-corrected chi connectivity index (χ3v) is 14.8. The van der Waals surface area contributed by atoms with Gasteiger partial charge in [-0.15, -0.1) is 0 Å². The van der Waals surface area contributed by atoms with Crippen LogP contribution in [0.5, 0.6) is 0 Å². The number of fused-ring (bicyclic) bond motifs is 1. The lowest BCUT2D eigenvalue weighted by molar-refractivity contribution is -0.659. The summed E-state index contributed by atoms with van der Waals surface area (Å²) in [5.74, 6) is 0. The van der Waals surface area contributed by atoms with Crippen molar-refractivity contribution in [1.29, 1.82) is 0 Å². The van der Waals surface area contributed by atoms with Gasteiger partial charge in [0.15, 0.2) is 6.20 Å². The third kappa shape index (κ3) is 3.57. The average Bonchev–Trinajstić information content (AvgIpc) is 2.61. The molecule has 0 unspecified atom stereocenters. The van der Waals surface area contributed by atoms with E-state index in [4.69, 9.17) is 0 Å². The first-order chi connectivity index (χ1) is 13.3. The van der Waals surface area contributed by atoms with Gasteiger partial charge in [0.1, 0.15) is 7.05 Å². The SMILES string of the molecule is Cc1ccc(C)c(-c2c3ccc([Si](C)(C(C)(C)C)C(C)(C)C)cc3cc[n+]2C)c1. The molecule has 0 aliphatic rings. The molecule has 0 N–H and O–H groups in total. The highest BCUT2D eigenvalue weighted by atomic mass is 28.3. The van der Waals surface area contributed by atoms with E-state index in [-0.39, 0.29) is 10.1 Å². The minimum Gasteiger partial charge on any atom is -0.200 e. The molecule has 0 saturated heterocycles. The van der Waals surface area contributed by atoms with Crippen LogP contribution in [0.3, 0.4) is 0 Å². The topological polar surface area (TPSA) is 3.88 Å². The Morgan fingerprint density at radius 3 is 2.00 bits per heavy atom. The molecule has 1 heterocycles. The van der Waals surface area contributed by atoms with Gasteiger partial charge in [0, 0.05) is 11.6 Å². The van der Waals surface area contributed by atoms with E-state index >= 15 is 0 Å². The van der Waals surface area contributed by atoms with Crippen LogP contribution in [0, 0.1) is 13.8 Å². The zero-order valence-corrected chi connectivity index (χ0v) is 21.1. The summed E-state index contributed by atoms with van der Waals surface area (Å²) in [5, 5.41) is 4.82. The summed E-state index contributed by atoms with van der Waals surface area (Å²) in [5.41, 5.74) is 5.27. The molecule has 154 valence electrons. The van der Waals surface area contributed by atoms with Crippen molar-refractivity contribution in [1.82, 2.24) is 0 Å². The van der Waals surface area contributed by atoms with Crippen LogP contribution < -0.4 is 9.75 Å². The molecule has 3 rings (SSSR count). The molecule has 29 heavy (non-hydrogen) atoms. The van der Waals surface area contributed by atoms with Gasteiger partial charge in [0.2, 0.25) is 5.69 Å². The second kappa shape index (κ2) is 7.09. The van der Waals surface area contributed by atoms with E-state index in [1.54, 1.807) is 5.19 Å². The highest BCUT2D eigenvalue weighted by Crippen LogP contribution is 2.50. The molecular formula is C27H38NSi+. The first-order valence-electron chi connectivity index (χ1n) is 10.8. The summed E-state index contributed by atoms with van der Waals surface area (Å²) >= 11 is 0. The van der Waals surface area contributed by atoms with Crippen LogP contribution in [0.2, 0.25) is 16.6 Å². The highest BCUT2D eigenvalue weighted by Gasteiger charge is 2.50. The fourth-order valence-electron chi connectivity index (χ4n) is 5.00. The fourth-order valence-corrected chi connectivity index (χ4v) is 9.84. The van der Waals surface area contributed by atoms with Gasteiger partial charge in [-0.25, -0.2) is 4.57 Å². The number of hydrogen-bond acceptors (Lipinski definition) is 0. The van der Waals surface area contributed by atoms with Crippen molar-refractivity contribution in [2.45, 2.75) is 72.0 Å². The second-order valence-electron chi connectivity index (χ2n) is 11.0. The molecule has 0 amide bonds. The van der Waals surface area contributed by atoms with E-state index in [0.717, 1.165) is 0 Å². The van der Waals surface area contributed by atoms with Gasteiger partial charge in [-0.3, -0.25) is 0 Å². The number of aryl methyl sites for hydroxylation is 3. The Hall–Kier alpha value is -1.93. The van der Waals surface area contributed by atoms with Crippen LogP contribution >= 0.6 is 0 Å². The third-order valence-electron chi connectivity index (χ3n) is 7.36. The first kappa shape index (κ1) is 21.8. The maximum Gasteiger partial charge on any atom is 0.220 e. The first-order valence-corrected chi connectivity index (χ1v) is 13.3. The van der Waals surface area contributed by atoms with E-state index < -0.39 is 8.07 Å². The monoisotopic (exact) mass is 404 g/mol. The lowest BCUT2D eigenvalue weighted by Gasteiger charge is -2.50. The zero-order valence-electron chi connectivity index (χ0n) is 20.1. The smallest absolute Gasteiger partial charge is 0.200 e. The van der Waals surface area contributed by atoms with Gasteiger partial charge in [0.25, 0.3) is 0 Å². The molecule has 0 fully saturated rings. The van der Waals surface area contributed by atoms with Crippen LogP contribution in [-0.2, 0) is 7.05 Å². The Morgan fingerprint density at radius 1 is 0.793 bits per heavy atom. The number of aromatic nitrogens is 1. The van der Waals surface area contributed by atoms with Crippen molar-refractivity contribution in [3.8, 4) is 11.3 Å². The van der Waals surface area contributed by atoms with E-state index in [9.17, 15) is 0 Å². The zero-order chi connectivity index (χ0) is 21.8. The highest BCUT2D eigenvalue weighted by molar-refractivity contribution is 6.95. The molecule has 0 atom stereocenters. The van der Waals surface area contributed by atoms with Crippen LogP contribution in [0.15, 0.2) is 48.7 Å². The normalized spacial score (nSPS) is 13.2. The summed E-state index contributed by atoms with van der Waals surface area (Å²) in [7, 11) is 0.378. The van der Waals surface area contributed by atoms with Crippen LogP contribution in [0.1, 0.15) is 52.7 Å². The molecule has 0 aliphatic heterocycles. The molecule has 2 heteroatoms. The van der Waals surface area contributed by atoms with Crippen LogP contribution in [0.25, 0.3) is 22.0 Å². The van der Waals surface area contributed by atoms with Gasteiger partial charge >= 0.3 is 0 Å². The van der Waals surface area contributed by atoms with E-state index in [0.29, 0.717) is 0 Å². The van der Waals surface area contributed by atoms with Crippen molar-refractivity contribution >= 4 is 24.0 Å². The van der Waals surface area contributed by atoms with Gasteiger partial charge in [-0.2, -0.15) is 0 Å². The van der Waals surface area contributed by atoms with Gasteiger partial charge in [0.05, 0.1) is 13.5 Å². The van der Waals surface area contributed by atoms with E-state index in [1.807, 2.05) is 0 Å². The van der Waals surface area contributed by atoms with Gasteiger partial charge < -0.3 is 0 Å². The molecule has 0 saturated carbocycles. The number of nitrogens with zero attached hydrogens (tertiary/aromatic N) is 1. The maximum atomic E-state index is 2.57. The lowest BCUT2D eigenvalue weighted by Crippen LogP contribution is -2.58. The summed E-state index contributed by atoms with van der Waals surface area (Å²) in [6.07, 6.45) is 2.22. The molecule has 1 aromatic heterocycles. The summed E-state index contributed by atoms with van der Waals surface area (Å²) < 4.78 is 2.27. The van der Waals surface area contributed by atoms with Gasteiger partial charge in [-0.05, 0) is 47.0 Å². The van der Waals surface area contributed by atoms with Crippen molar-refractivity contribution in [2.24, 2.45) is 7.05 Å². The van der Waals surface area contributed by atoms with E-state index in [2.05, 4.69) is 122 Å². The number of rotatable bonds is 2. The lowest BCUT2D eigenvalue weighted by atomic mass is 9.98. The predicted molar refractivity (Wildman–Crippen MR) is 131 cm³/mol. The number of benzene rings is 2. The molecule has 1 nitrogen and oxygen atoms in total. The Morgan fingerprint density at radius 2 is 1.41 bits per heavy atom. The largest absolute Gasteiger partial charge is 0.220 e. The minimum atomic E-state index is -1.78. The van der Waals surface area contributed by atoms with Crippen molar-refractivity contribution in [3.05, 3.63) is 59.8 Å². The van der Waals surface area contributed by atoms with Crippen molar-refractivity contribution < 1.29 is 4.57 Å². The second-order valence-corrected chi connectivity index (χ2v) is 16.8. The molecule has 3 aromatic rings. The fraction of sp³-hybridized carbons (Fsp3) is 0.444. The Bertz CT molecular complexity index is 1050. The number of hydrogen-bond donors (Lipinski definition) is 0. The van der Waals surface area contributed by atoms with Crippen molar-refractivity contribution in [3.63, 3.8) is 0 Å². The summed E-state index contributed by atoms with van der Waals surface area (Å²) in [6, 6.07) is 16.3. The van der Waals surface area contributed by atoms with Crippen LogP contribution in [0.4, 0.5) is 0 Å². The Balaban J connectivity index is 2.31. The molecular weight excluding hydrogens is 366 g/mol. The minimum absolute atomic E-state index is 0.286. The van der Waals surface area contributed by atoms with E-state index in [1.165, 1.54) is 33.2 Å². The molecule has 2 aromatic carbocycles. The molecule has 0 radical (unpaired) electrons. The molecule has 0 aliphatic carbocycles. The van der Waals surface area contributed by atoms with Crippen molar-refractivity contribution in [2.75, 3.05) is 0 Å². The molecule has 0 spiro atoms. The summed E-state index contributed by atoms with van der Waals surface area (Å²) in [4.78, 5) is 0. The number of pyridine rings is 1.